The fourth-order valence-corrected chi connectivity index (χ4v) is 1.59. The zero-order chi connectivity index (χ0) is 10.7. The van der Waals surface area contributed by atoms with E-state index in [1.165, 1.54) is 4.90 Å². The molecular weight excluding hydrogens is 184 g/mol. The van der Waals surface area contributed by atoms with Gasteiger partial charge in [-0.2, -0.15) is 0 Å². The topological polar surface area (TPSA) is 63.7 Å². The van der Waals surface area contributed by atoms with Crippen LogP contribution in [0.2, 0.25) is 0 Å². The maximum atomic E-state index is 11.5. The predicted molar refractivity (Wildman–Crippen MR) is 48.4 cm³/mol. The highest BCUT2D eigenvalue weighted by Crippen LogP contribution is 2.16. The zero-order valence-corrected chi connectivity index (χ0v) is 8.52. The number of hydrogen-bond donors (Lipinski definition) is 0. The molecule has 80 valence electrons. The van der Waals surface area contributed by atoms with Gasteiger partial charge < -0.3 is 19.7 Å². The minimum Gasteiger partial charge on any atom is -0.550 e. The highest BCUT2D eigenvalue weighted by Gasteiger charge is 2.23. The molecule has 1 aliphatic rings. The van der Waals surface area contributed by atoms with Gasteiger partial charge >= 0.3 is 6.03 Å². The van der Waals surface area contributed by atoms with Crippen molar-refractivity contribution in [2.45, 2.75) is 12.8 Å². The Balaban J connectivity index is 2.43. The van der Waals surface area contributed by atoms with Gasteiger partial charge in [-0.3, -0.25) is 0 Å². The minimum atomic E-state index is -0.998. The average Bonchev–Trinajstić information content (AvgIpc) is 2.16. The second-order valence-electron chi connectivity index (χ2n) is 3.76. The van der Waals surface area contributed by atoms with Crippen molar-refractivity contribution in [2.75, 3.05) is 27.2 Å². The summed E-state index contributed by atoms with van der Waals surface area (Å²) in [6.07, 6.45) is 1.00. The molecule has 1 aliphatic heterocycles. The van der Waals surface area contributed by atoms with E-state index in [4.69, 9.17) is 0 Å². The van der Waals surface area contributed by atoms with Gasteiger partial charge in [0.2, 0.25) is 0 Å². The lowest BCUT2D eigenvalue weighted by Gasteiger charge is -2.33. The Hall–Kier alpha value is -1.26. The molecule has 14 heavy (non-hydrogen) atoms. The van der Waals surface area contributed by atoms with Gasteiger partial charge in [-0.05, 0) is 12.8 Å². The minimum absolute atomic E-state index is 0.0539. The number of carbonyl (C=O) groups excluding carboxylic acids is 2. The van der Waals surface area contributed by atoms with Crippen molar-refractivity contribution in [1.29, 1.82) is 0 Å². The van der Waals surface area contributed by atoms with Gasteiger partial charge in [-0.25, -0.2) is 4.79 Å². The van der Waals surface area contributed by atoms with Crippen LogP contribution in [-0.2, 0) is 4.79 Å². The van der Waals surface area contributed by atoms with Crippen molar-refractivity contribution < 1.29 is 14.7 Å². The second kappa shape index (κ2) is 4.30. The Morgan fingerprint density at radius 1 is 1.29 bits per heavy atom. The third-order valence-corrected chi connectivity index (χ3v) is 2.48. The van der Waals surface area contributed by atoms with Crippen molar-refractivity contribution in [2.24, 2.45) is 5.92 Å². The van der Waals surface area contributed by atoms with Crippen LogP contribution in [0, 0.1) is 5.92 Å². The number of aliphatic carboxylic acids is 1. The molecule has 0 atom stereocenters. The van der Waals surface area contributed by atoms with Crippen LogP contribution in [0.3, 0.4) is 0 Å². The SMILES string of the molecule is CN(C)C(=O)N1CCC(C(=O)[O-])CC1. The van der Waals surface area contributed by atoms with Gasteiger partial charge in [-0.15, -0.1) is 0 Å². The van der Waals surface area contributed by atoms with E-state index in [1.807, 2.05) is 0 Å². The molecule has 1 fully saturated rings. The first-order valence-electron chi connectivity index (χ1n) is 4.69. The number of nitrogens with zero attached hydrogens (tertiary/aromatic N) is 2. The van der Waals surface area contributed by atoms with Gasteiger partial charge in [0.05, 0.1) is 0 Å². The summed E-state index contributed by atoms with van der Waals surface area (Å²) in [5.74, 6) is -1.39. The fourth-order valence-electron chi connectivity index (χ4n) is 1.59. The summed E-state index contributed by atoms with van der Waals surface area (Å²) in [5, 5.41) is 10.5. The van der Waals surface area contributed by atoms with E-state index < -0.39 is 5.97 Å². The largest absolute Gasteiger partial charge is 0.550 e. The van der Waals surface area contributed by atoms with Crippen molar-refractivity contribution in [3.63, 3.8) is 0 Å². The molecule has 0 unspecified atom stereocenters. The summed E-state index contributed by atoms with van der Waals surface area (Å²) in [6, 6.07) is -0.0539. The molecular formula is C9H15N2O3-. The van der Waals surface area contributed by atoms with E-state index in [-0.39, 0.29) is 11.9 Å². The van der Waals surface area contributed by atoms with Crippen LogP contribution in [0.1, 0.15) is 12.8 Å². The normalized spacial score (nSPS) is 18.0. The zero-order valence-electron chi connectivity index (χ0n) is 8.52. The van der Waals surface area contributed by atoms with Crippen LogP contribution < -0.4 is 5.11 Å². The molecule has 1 heterocycles. The highest BCUT2D eigenvalue weighted by molar-refractivity contribution is 5.74. The third-order valence-electron chi connectivity index (χ3n) is 2.48. The number of piperidine rings is 1. The Morgan fingerprint density at radius 2 is 1.79 bits per heavy atom. The Morgan fingerprint density at radius 3 is 2.14 bits per heavy atom. The maximum Gasteiger partial charge on any atom is 0.319 e. The lowest BCUT2D eigenvalue weighted by Crippen LogP contribution is -2.46. The fraction of sp³-hybridized carbons (Fsp3) is 0.778. The Bertz CT molecular complexity index is 232. The summed E-state index contributed by atoms with van der Waals surface area (Å²) < 4.78 is 0. The van der Waals surface area contributed by atoms with Crippen molar-refractivity contribution >= 4 is 12.0 Å². The number of carbonyl (C=O) groups is 2. The molecule has 5 nitrogen and oxygen atoms in total. The van der Waals surface area contributed by atoms with Crippen LogP contribution in [0.15, 0.2) is 0 Å². The number of amides is 2. The molecule has 0 aromatic heterocycles. The first-order chi connectivity index (χ1) is 6.52. The number of carboxylic acids is 1. The summed E-state index contributed by atoms with van der Waals surface area (Å²) in [4.78, 5) is 25.2. The van der Waals surface area contributed by atoms with E-state index >= 15 is 0 Å². The molecule has 0 aromatic rings. The predicted octanol–water partition coefficient (Wildman–Crippen LogP) is -0.870. The van der Waals surface area contributed by atoms with Gasteiger partial charge in [0, 0.05) is 39.1 Å². The average molecular weight is 199 g/mol. The van der Waals surface area contributed by atoms with Crippen LogP contribution in [0.25, 0.3) is 0 Å². The summed E-state index contributed by atoms with van der Waals surface area (Å²) in [7, 11) is 3.38. The number of carboxylic acid groups (broad SMARTS) is 1. The smallest absolute Gasteiger partial charge is 0.319 e. The monoisotopic (exact) mass is 199 g/mol. The standard InChI is InChI=1S/C9H16N2O3/c1-10(2)9(14)11-5-3-7(4-6-11)8(12)13/h7H,3-6H2,1-2H3,(H,12,13)/p-1. The molecule has 0 aromatic carbocycles. The number of rotatable bonds is 1. The summed E-state index contributed by atoms with van der Waals surface area (Å²) in [5.41, 5.74) is 0. The second-order valence-corrected chi connectivity index (χ2v) is 3.76. The van der Waals surface area contributed by atoms with Crippen molar-refractivity contribution in [3.8, 4) is 0 Å². The van der Waals surface area contributed by atoms with Gasteiger partial charge in [-0.1, -0.05) is 0 Å². The molecule has 1 saturated heterocycles. The summed E-state index contributed by atoms with van der Waals surface area (Å²) >= 11 is 0. The number of likely N-dealkylation sites (tertiary alicyclic amines) is 1. The lowest BCUT2D eigenvalue weighted by atomic mass is 9.97. The van der Waals surface area contributed by atoms with Gasteiger partial charge in [0.1, 0.15) is 0 Å². The van der Waals surface area contributed by atoms with E-state index in [0.29, 0.717) is 25.9 Å². The molecule has 0 radical (unpaired) electrons. The van der Waals surface area contributed by atoms with Gasteiger partial charge in [0.25, 0.3) is 0 Å². The highest BCUT2D eigenvalue weighted by atomic mass is 16.4. The summed E-state index contributed by atoms with van der Waals surface area (Å²) in [6.45, 7) is 1.02. The van der Waals surface area contributed by atoms with Crippen LogP contribution >= 0.6 is 0 Å². The first-order valence-corrected chi connectivity index (χ1v) is 4.69. The van der Waals surface area contributed by atoms with Crippen molar-refractivity contribution in [3.05, 3.63) is 0 Å². The van der Waals surface area contributed by atoms with Crippen LogP contribution in [0.4, 0.5) is 4.79 Å². The quantitative estimate of drug-likeness (QED) is 0.551. The van der Waals surface area contributed by atoms with E-state index in [2.05, 4.69) is 0 Å². The maximum absolute atomic E-state index is 11.5. The molecule has 5 heteroatoms. The molecule has 0 spiro atoms. The molecule has 0 saturated carbocycles. The molecule has 2 amide bonds. The van der Waals surface area contributed by atoms with Gasteiger partial charge in [0.15, 0.2) is 0 Å². The van der Waals surface area contributed by atoms with E-state index in [1.54, 1.807) is 19.0 Å². The van der Waals surface area contributed by atoms with E-state index in [0.717, 1.165) is 0 Å². The molecule has 0 N–H and O–H groups in total. The molecule has 0 bridgehead atoms. The van der Waals surface area contributed by atoms with Crippen LogP contribution in [-0.4, -0.2) is 49.0 Å². The first kappa shape index (κ1) is 10.8. The molecule has 0 aliphatic carbocycles. The Labute approximate surface area is 83.3 Å². The van der Waals surface area contributed by atoms with Crippen LogP contribution in [0.5, 0.6) is 0 Å². The molecule has 1 rings (SSSR count). The third kappa shape index (κ3) is 2.37. The number of hydrogen-bond acceptors (Lipinski definition) is 3. The number of urea groups is 1. The van der Waals surface area contributed by atoms with E-state index in [9.17, 15) is 14.7 Å². The lowest BCUT2D eigenvalue weighted by molar-refractivity contribution is -0.312. The Kier molecular flexibility index (Phi) is 3.33. The van der Waals surface area contributed by atoms with Crippen molar-refractivity contribution in [1.82, 2.24) is 9.80 Å².